The molecule has 2 heterocycles. The molecule has 3 aromatic rings. The Labute approximate surface area is 200 Å². The molecule has 5 N–H and O–H groups in total. The van der Waals surface area contributed by atoms with Crippen LogP contribution < -0.4 is 10.1 Å². The van der Waals surface area contributed by atoms with E-state index >= 15 is 0 Å². The first-order valence-corrected chi connectivity index (χ1v) is 11.1. The van der Waals surface area contributed by atoms with Crippen molar-refractivity contribution >= 4 is 17.4 Å². The maximum absolute atomic E-state index is 11.1. The Kier molecular flexibility index (Phi) is 6.10. The Hall–Kier alpha value is -3.60. The van der Waals surface area contributed by atoms with E-state index in [1.807, 2.05) is 72.8 Å². The normalized spacial score (nSPS) is 25.5. The van der Waals surface area contributed by atoms with E-state index in [1.165, 1.54) is 0 Å². The van der Waals surface area contributed by atoms with Crippen LogP contribution in [-0.2, 0) is 16.1 Å². The van der Waals surface area contributed by atoms with Crippen LogP contribution >= 0.6 is 0 Å². The minimum atomic E-state index is -2.00. The van der Waals surface area contributed by atoms with Gasteiger partial charge in [0.1, 0.15) is 23.6 Å². The second-order valence-electron chi connectivity index (χ2n) is 8.51. The van der Waals surface area contributed by atoms with Crippen LogP contribution in [0.25, 0.3) is 0 Å². The lowest BCUT2D eigenvalue weighted by molar-refractivity contribution is -0.247. The monoisotopic (exact) mass is 476 g/mol. The minimum absolute atomic E-state index is 0.136. The summed E-state index contributed by atoms with van der Waals surface area (Å²) in [5.41, 5.74) is 1.96. The second-order valence-corrected chi connectivity index (χ2v) is 8.51. The summed E-state index contributed by atoms with van der Waals surface area (Å²) < 4.78 is 11.1. The number of benzene rings is 3. The summed E-state index contributed by atoms with van der Waals surface area (Å²) in [6, 6.07) is 22.7. The van der Waals surface area contributed by atoms with E-state index < -0.39 is 36.6 Å². The first kappa shape index (κ1) is 23.2. The molecule has 0 aromatic heterocycles. The molecule has 0 amide bonds. The summed E-state index contributed by atoms with van der Waals surface area (Å²) in [7, 11) is 0. The molecule has 1 fully saturated rings. The van der Waals surface area contributed by atoms with Gasteiger partial charge in [0.15, 0.2) is 17.6 Å². The molecule has 180 valence electrons. The molecule has 9 heteroatoms. The highest BCUT2D eigenvalue weighted by Crippen LogP contribution is 2.38. The third kappa shape index (κ3) is 4.43. The van der Waals surface area contributed by atoms with Crippen LogP contribution in [-0.4, -0.2) is 62.8 Å². The largest absolute Gasteiger partial charge is 0.479 e. The van der Waals surface area contributed by atoms with Crippen LogP contribution in [0.2, 0.25) is 0 Å². The highest BCUT2D eigenvalue weighted by molar-refractivity contribution is 6.16. The van der Waals surface area contributed by atoms with Gasteiger partial charge in [0.2, 0.25) is 0 Å². The maximum atomic E-state index is 11.1. The van der Waals surface area contributed by atoms with E-state index in [0.29, 0.717) is 11.5 Å². The number of rotatable bonds is 5. The molecule has 4 atom stereocenters. The standard InChI is InChI=1S/C26H24N2O7/c29-22-23(25(31)32)34-14-26(33,24(22)30)27-13-15-9-11-16(12-10-15)21-17-5-1-3-7-19(17)35-20-8-4-2-6-18(20)28-21/h1-12,22-24,27,29-30,33H,13-14H2,(H,31,32). The molecular weight excluding hydrogens is 452 g/mol. The minimum Gasteiger partial charge on any atom is -0.479 e. The van der Waals surface area contributed by atoms with Gasteiger partial charge in [0, 0.05) is 17.7 Å². The SMILES string of the molecule is O=C(O)C1OCC(O)(NCc2ccc(C3=Nc4ccccc4Oc4ccccc43)cc2)C(O)C1O. The van der Waals surface area contributed by atoms with Crippen molar-refractivity contribution in [3.63, 3.8) is 0 Å². The van der Waals surface area contributed by atoms with Gasteiger partial charge in [-0.15, -0.1) is 0 Å². The molecule has 1 saturated heterocycles. The number of carboxylic acid groups (broad SMARTS) is 1. The van der Waals surface area contributed by atoms with E-state index in [1.54, 1.807) is 0 Å². The molecule has 9 nitrogen and oxygen atoms in total. The fourth-order valence-electron chi connectivity index (χ4n) is 4.16. The van der Waals surface area contributed by atoms with Crippen molar-refractivity contribution in [2.45, 2.75) is 30.6 Å². The summed E-state index contributed by atoms with van der Waals surface area (Å²) >= 11 is 0. The highest BCUT2D eigenvalue weighted by atomic mass is 16.6. The molecule has 5 rings (SSSR count). The topological polar surface area (TPSA) is 141 Å². The van der Waals surface area contributed by atoms with Gasteiger partial charge in [0.05, 0.1) is 12.3 Å². The third-order valence-corrected chi connectivity index (χ3v) is 6.13. The van der Waals surface area contributed by atoms with E-state index in [2.05, 4.69) is 5.32 Å². The fourth-order valence-corrected chi connectivity index (χ4v) is 4.16. The van der Waals surface area contributed by atoms with Crippen LogP contribution in [0.4, 0.5) is 5.69 Å². The highest BCUT2D eigenvalue weighted by Gasteiger charge is 2.50. The number of para-hydroxylation sites is 3. The molecule has 0 spiro atoms. The van der Waals surface area contributed by atoms with Crippen LogP contribution in [0, 0.1) is 0 Å². The lowest BCUT2D eigenvalue weighted by Crippen LogP contribution is -2.68. The third-order valence-electron chi connectivity index (χ3n) is 6.13. The Morgan fingerprint density at radius 1 is 1.00 bits per heavy atom. The Morgan fingerprint density at radius 2 is 1.69 bits per heavy atom. The Bertz CT molecular complexity index is 1280. The van der Waals surface area contributed by atoms with Crippen LogP contribution in [0.3, 0.4) is 0 Å². The quantitative estimate of drug-likeness (QED) is 0.275. The number of hydrogen-bond donors (Lipinski definition) is 5. The van der Waals surface area contributed by atoms with Crippen molar-refractivity contribution in [3.8, 4) is 11.5 Å². The predicted molar refractivity (Wildman–Crippen MR) is 126 cm³/mol. The van der Waals surface area contributed by atoms with Gasteiger partial charge in [-0.1, -0.05) is 48.5 Å². The molecule has 0 bridgehead atoms. The van der Waals surface area contributed by atoms with Crippen molar-refractivity contribution in [1.29, 1.82) is 0 Å². The lowest BCUT2D eigenvalue weighted by atomic mass is 9.94. The zero-order chi connectivity index (χ0) is 24.6. The number of hydrogen-bond acceptors (Lipinski definition) is 8. The number of nitrogens with zero attached hydrogens (tertiary/aromatic N) is 1. The zero-order valence-corrected chi connectivity index (χ0v) is 18.5. The second kappa shape index (κ2) is 9.21. The van der Waals surface area contributed by atoms with E-state index in [-0.39, 0.29) is 6.54 Å². The van der Waals surface area contributed by atoms with E-state index in [4.69, 9.17) is 19.6 Å². The number of aliphatic hydroxyl groups excluding tert-OH is 2. The number of aliphatic hydroxyl groups is 3. The average Bonchev–Trinajstić information content (AvgIpc) is 3.03. The van der Waals surface area contributed by atoms with Gasteiger partial charge < -0.3 is 29.9 Å². The smallest absolute Gasteiger partial charge is 0.335 e. The fraction of sp³-hybridized carbons (Fsp3) is 0.231. The van der Waals surface area contributed by atoms with Gasteiger partial charge in [-0.05, 0) is 29.8 Å². The predicted octanol–water partition coefficient (Wildman–Crippen LogP) is 1.94. The summed E-state index contributed by atoms with van der Waals surface area (Å²) in [6.45, 7) is -0.357. The first-order chi connectivity index (χ1) is 16.9. The maximum Gasteiger partial charge on any atom is 0.335 e. The molecule has 0 radical (unpaired) electrons. The number of fused-ring (bicyclic) bond motifs is 2. The number of aliphatic imine (C=N–C) groups is 1. The zero-order valence-electron chi connectivity index (χ0n) is 18.5. The molecule has 0 saturated carbocycles. The van der Waals surface area contributed by atoms with Gasteiger partial charge >= 0.3 is 5.97 Å². The van der Waals surface area contributed by atoms with Gasteiger partial charge in [0.25, 0.3) is 0 Å². The first-order valence-electron chi connectivity index (χ1n) is 11.1. The number of aliphatic carboxylic acids is 1. The molecule has 3 aromatic carbocycles. The lowest BCUT2D eigenvalue weighted by Gasteiger charge is -2.42. The molecule has 35 heavy (non-hydrogen) atoms. The van der Waals surface area contributed by atoms with Crippen LogP contribution in [0.5, 0.6) is 11.5 Å². The van der Waals surface area contributed by atoms with Crippen molar-refractivity contribution < 1.29 is 34.7 Å². The van der Waals surface area contributed by atoms with Crippen molar-refractivity contribution in [2.24, 2.45) is 4.99 Å². The van der Waals surface area contributed by atoms with Gasteiger partial charge in [-0.2, -0.15) is 0 Å². The summed E-state index contributed by atoms with van der Waals surface area (Å²) in [6.07, 6.45) is -5.13. The number of nitrogens with one attached hydrogen (secondary N) is 1. The van der Waals surface area contributed by atoms with E-state index in [9.17, 15) is 20.1 Å². The van der Waals surface area contributed by atoms with Crippen molar-refractivity contribution in [3.05, 3.63) is 89.5 Å². The molecule has 2 aliphatic heterocycles. The van der Waals surface area contributed by atoms with E-state index in [0.717, 1.165) is 28.1 Å². The summed E-state index contributed by atoms with van der Waals surface area (Å²) in [5, 5.41) is 42.8. The Balaban J connectivity index is 1.36. The molecular formula is C26H24N2O7. The summed E-state index contributed by atoms with van der Waals surface area (Å²) in [4.78, 5) is 16.0. The van der Waals surface area contributed by atoms with Gasteiger partial charge in [-0.3, -0.25) is 5.32 Å². The van der Waals surface area contributed by atoms with Crippen LogP contribution in [0.15, 0.2) is 77.8 Å². The van der Waals surface area contributed by atoms with Crippen molar-refractivity contribution in [1.82, 2.24) is 5.32 Å². The average molecular weight is 476 g/mol. The molecule has 2 aliphatic rings. The van der Waals surface area contributed by atoms with Crippen LogP contribution in [0.1, 0.15) is 16.7 Å². The molecule has 0 aliphatic carbocycles. The number of carbonyl (C=O) groups is 1. The summed E-state index contributed by atoms with van der Waals surface area (Å²) in [5.74, 6) is -0.0384. The van der Waals surface area contributed by atoms with Crippen molar-refractivity contribution in [2.75, 3.05) is 6.61 Å². The molecule has 4 unspecified atom stereocenters. The van der Waals surface area contributed by atoms with Gasteiger partial charge in [-0.25, -0.2) is 9.79 Å². The number of ether oxygens (including phenoxy) is 2. The number of carboxylic acids is 1. The Morgan fingerprint density at radius 3 is 2.43 bits per heavy atom.